The molecule has 112 valence electrons. The SMILES string of the molecule is CCCCC(CCC)NC(=O)Nc1cccc(CN)c1. The predicted molar refractivity (Wildman–Crippen MR) is 84.7 cm³/mol. The molecule has 0 aliphatic rings. The molecule has 0 fully saturated rings. The molecule has 2 amide bonds. The fourth-order valence-corrected chi connectivity index (χ4v) is 2.22. The van der Waals surface area contributed by atoms with E-state index in [9.17, 15) is 4.79 Å². The lowest BCUT2D eigenvalue weighted by molar-refractivity contribution is 0.246. The van der Waals surface area contributed by atoms with Crippen molar-refractivity contribution < 1.29 is 4.79 Å². The van der Waals surface area contributed by atoms with Crippen molar-refractivity contribution in [2.24, 2.45) is 5.73 Å². The number of unbranched alkanes of at least 4 members (excludes halogenated alkanes) is 1. The van der Waals surface area contributed by atoms with Crippen LogP contribution in [-0.2, 0) is 6.54 Å². The van der Waals surface area contributed by atoms with Gasteiger partial charge in [0.05, 0.1) is 0 Å². The normalized spacial score (nSPS) is 11.9. The summed E-state index contributed by atoms with van der Waals surface area (Å²) in [5.74, 6) is 0. The van der Waals surface area contributed by atoms with Gasteiger partial charge in [0, 0.05) is 18.3 Å². The number of carbonyl (C=O) groups is 1. The van der Waals surface area contributed by atoms with Gasteiger partial charge >= 0.3 is 6.03 Å². The van der Waals surface area contributed by atoms with E-state index in [-0.39, 0.29) is 12.1 Å². The smallest absolute Gasteiger partial charge is 0.319 e. The number of hydrogen-bond acceptors (Lipinski definition) is 2. The van der Waals surface area contributed by atoms with Crippen LogP contribution in [0.25, 0.3) is 0 Å². The van der Waals surface area contributed by atoms with E-state index in [1.54, 1.807) is 0 Å². The van der Waals surface area contributed by atoms with Crippen molar-refractivity contribution in [2.75, 3.05) is 5.32 Å². The van der Waals surface area contributed by atoms with Crippen LogP contribution in [0.3, 0.4) is 0 Å². The van der Waals surface area contributed by atoms with Crippen LogP contribution in [0, 0.1) is 0 Å². The highest BCUT2D eigenvalue weighted by atomic mass is 16.2. The van der Waals surface area contributed by atoms with Crippen LogP contribution in [0.4, 0.5) is 10.5 Å². The number of carbonyl (C=O) groups excluding carboxylic acids is 1. The fraction of sp³-hybridized carbons (Fsp3) is 0.562. The Hall–Kier alpha value is -1.55. The van der Waals surface area contributed by atoms with Gasteiger partial charge in [-0.2, -0.15) is 0 Å². The van der Waals surface area contributed by atoms with E-state index in [2.05, 4.69) is 24.5 Å². The van der Waals surface area contributed by atoms with Gasteiger partial charge in [-0.3, -0.25) is 0 Å². The van der Waals surface area contributed by atoms with Gasteiger partial charge in [-0.25, -0.2) is 4.79 Å². The largest absolute Gasteiger partial charge is 0.335 e. The average molecular weight is 277 g/mol. The van der Waals surface area contributed by atoms with Gasteiger partial charge < -0.3 is 16.4 Å². The van der Waals surface area contributed by atoms with Crippen molar-refractivity contribution in [2.45, 2.75) is 58.5 Å². The number of nitrogens with two attached hydrogens (primary N) is 1. The quantitative estimate of drug-likeness (QED) is 0.679. The Morgan fingerprint density at radius 3 is 2.70 bits per heavy atom. The maximum absolute atomic E-state index is 12.0. The zero-order valence-electron chi connectivity index (χ0n) is 12.6. The lowest BCUT2D eigenvalue weighted by atomic mass is 10.1. The second kappa shape index (κ2) is 9.37. The molecular formula is C16H27N3O. The molecule has 0 aliphatic carbocycles. The van der Waals surface area contributed by atoms with Crippen molar-refractivity contribution in [1.82, 2.24) is 5.32 Å². The van der Waals surface area contributed by atoms with Crippen LogP contribution in [0.1, 0.15) is 51.5 Å². The summed E-state index contributed by atoms with van der Waals surface area (Å²) in [6, 6.07) is 7.76. The first-order chi connectivity index (χ1) is 9.69. The number of amides is 2. The molecule has 0 heterocycles. The van der Waals surface area contributed by atoms with Crippen LogP contribution >= 0.6 is 0 Å². The van der Waals surface area contributed by atoms with E-state index in [1.807, 2.05) is 24.3 Å². The molecule has 1 atom stereocenters. The van der Waals surface area contributed by atoms with E-state index in [4.69, 9.17) is 5.73 Å². The maximum atomic E-state index is 12.0. The highest BCUT2D eigenvalue weighted by molar-refractivity contribution is 5.89. The summed E-state index contributed by atoms with van der Waals surface area (Å²) in [6.07, 6.45) is 5.45. The van der Waals surface area contributed by atoms with Crippen LogP contribution in [0.15, 0.2) is 24.3 Å². The van der Waals surface area contributed by atoms with Gasteiger partial charge in [0.2, 0.25) is 0 Å². The molecule has 0 aliphatic heterocycles. The minimum atomic E-state index is -0.131. The summed E-state index contributed by atoms with van der Waals surface area (Å²) < 4.78 is 0. The lowest BCUT2D eigenvalue weighted by Crippen LogP contribution is -2.37. The van der Waals surface area contributed by atoms with Gasteiger partial charge in [0.25, 0.3) is 0 Å². The number of rotatable bonds is 8. The average Bonchev–Trinajstić information content (AvgIpc) is 2.45. The molecule has 0 saturated heterocycles. The Balaban J connectivity index is 2.51. The molecule has 0 radical (unpaired) electrons. The molecule has 4 nitrogen and oxygen atoms in total. The van der Waals surface area contributed by atoms with Crippen molar-refractivity contribution in [1.29, 1.82) is 0 Å². The number of nitrogens with one attached hydrogen (secondary N) is 2. The zero-order chi connectivity index (χ0) is 14.8. The summed E-state index contributed by atoms with van der Waals surface area (Å²) in [5.41, 5.74) is 7.40. The van der Waals surface area contributed by atoms with Gasteiger partial charge in [-0.15, -0.1) is 0 Å². The van der Waals surface area contributed by atoms with E-state index < -0.39 is 0 Å². The van der Waals surface area contributed by atoms with Crippen molar-refractivity contribution in [3.05, 3.63) is 29.8 Å². The molecular weight excluding hydrogens is 250 g/mol. The molecule has 1 rings (SSSR count). The molecule has 4 N–H and O–H groups in total. The van der Waals surface area contributed by atoms with Gasteiger partial charge in [-0.1, -0.05) is 45.2 Å². The number of anilines is 1. The second-order valence-corrected chi connectivity index (χ2v) is 5.13. The molecule has 1 aromatic rings. The maximum Gasteiger partial charge on any atom is 0.319 e. The number of urea groups is 1. The standard InChI is InChI=1S/C16H27N3O/c1-3-5-9-14(7-4-2)18-16(20)19-15-10-6-8-13(11-15)12-17/h6,8,10-11,14H,3-5,7,9,12,17H2,1-2H3,(H2,18,19,20). The molecule has 0 bridgehead atoms. The second-order valence-electron chi connectivity index (χ2n) is 5.13. The van der Waals surface area contributed by atoms with E-state index in [0.29, 0.717) is 6.54 Å². The summed E-state index contributed by atoms with van der Waals surface area (Å²) >= 11 is 0. The molecule has 1 unspecified atom stereocenters. The van der Waals surface area contributed by atoms with Crippen LogP contribution in [0.5, 0.6) is 0 Å². The molecule has 0 aromatic heterocycles. The Morgan fingerprint density at radius 2 is 2.05 bits per heavy atom. The highest BCUT2D eigenvalue weighted by Gasteiger charge is 2.11. The first-order valence-corrected chi connectivity index (χ1v) is 7.56. The monoisotopic (exact) mass is 277 g/mol. The summed E-state index contributed by atoms with van der Waals surface area (Å²) in [5, 5.41) is 5.93. The summed E-state index contributed by atoms with van der Waals surface area (Å²) in [7, 11) is 0. The Kier molecular flexibility index (Phi) is 7.73. The molecule has 1 aromatic carbocycles. The number of hydrogen-bond donors (Lipinski definition) is 3. The fourth-order valence-electron chi connectivity index (χ4n) is 2.22. The van der Waals surface area contributed by atoms with Crippen molar-refractivity contribution in [3.8, 4) is 0 Å². The number of benzene rings is 1. The first kappa shape index (κ1) is 16.5. The van der Waals surface area contributed by atoms with E-state index >= 15 is 0 Å². The topological polar surface area (TPSA) is 67.2 Å². The van der Waals surface area contributed by atoms with Gasteiger partial charge in [-0.05, 0) is 30.5 Å². The van der Waals surface area contributed by atoms with Crippen molar-refractivity contribution >= 4 is 11.7 Å². The van der Waals surface area contributed by atoms with Crippen LogP contribution < -0.4 is 16.4 Å². The van der Waals surface area contributed by atoms with E-state index in [1.165, 1.54) is 0 Å². The Bertz CT molecular complexity index is 406. The lowest BCUT2D eigenvalue weighted by Gasteiger charge is -2.18. The molecule has 20 heavy (non-hydrogen) atoms. The molecule has 0 spiro atoms. The third kappa shape index (κ3) is 6.06. The third-order valence-corrected chi connectivity index (χ3v) is 3.30. The predicted octanol–water partition coefficient (Wildman–Crippen LogP) is 3.63. The van der Waals surface area contributed by atoms with Crippen LogP contribution in [-0.4, -0.2) is 12.1 Å². The molecule has 0 saturated carbocycles. The Morgan fingerprint density at radius 1 is 1.25 bits per heavy atom. The molecule has 4 heteroatoms. The van der Waals surface area contributed by atoms with Crippen molar-refractivity contribution in [3.63, 3.8) is 0 Å². The minimum Gasteiger partial charge on any atom is -0.335 e. The van der Waals surface area contributed by atoms with Crippen LogP contribution in [0.2, 0.25) is 0 Å². The summed E-state index contributed by atoms with van der Waals surface area (Å²) in [4.78, 5) is 12.0. The minimum absolute atomic E-state index is 0.131. The first-order valence-electron chi connectivity index (χ1n) is 7.56. The van der Waals surface area contributed by atoms with E-state index in [0.717, 1.165) is 43.4 Å². The third-order valence-electron chi connectivity index (χ3n) is 3.30. The van der Waals surface area contributed by atoms with Gasteiger partial charge in [0.15, 0.2) is 0 Å². The Labute approximate surface area is 122 Å². The van der Waals surface area contributed by atoms with Gasteiger partial charge in [0.1, 0.15) is 0 Å². The summed E-state index contributed by atoms with van der Waals surface area (Å²) in [6.45, 7) is 4.79. The highest BCUT2D eigenvalue weighted by Crippen LogP contribution is 2.11. The zero-order valence-corrected chi connectivity index (χ0v) is 12.6.